The summed E-state index contributed by atoms with van der Waals surface area (Å²) >= 11 is 1.70. The number of unbranched alkanes of at least 4 members (excludes halogenated alkanes) is 3. The molecule has 2 aliphatic rings. The van der Waals surface area contributed by atoms with E-state index in [0.717, 1.165) is 50.3 Å². The summed E-state index contributed by atoms with van der Waals surface area (Å²) in [6.07, 6.45) is 9.74. The summed E-state index contributed by atoms with van der Waals surface area (Å²) in [7, 11) is 0. The van der Waals surface area contributed by atoms with E-state index in [1.165, 1.54) is 46.5 Å². The molecule has 152 valence electrons. The zero-order valence-electron chi connectivity index (χ0n) is 16.9. The van der Waals surface area contributed by atoms with Crippen molar-refractivity contribution in [1.29, 1.82) is 0 Å². The third-order valence-corrected chi connectivity index (χ3v) is 7.38. The topological polar surface area (TPSA) is 68.4 Å². The molecular formula is C23H32N2O2S. The first-order valence-electron chi connectivity index (χ1n) is 10.8. The SMILES string of the molecule is CCCCCCOc1nc2c(s1)-c1ccc([C@H]3CC[C@](N)(CO)C3)cc1CC2. The highest BCUT2D eigenvalue weighted by Crippen LogP contribution is 2.44. The Hall–Kier alpha value is -1.43. The molecule has 5 heteroatoms. The lowest BCUT2D eigenvalue weighted by atomic mass is 9.87. The van der Waals surface area contributed by atoms with Gasteiger partial charge in [0.25, 0.3) is 5.19 Å². The largest absolute Gasteiger partial charge is 0.470 e. The number of benzene rings is 1. The van der Waals surface area contributed by atoms with E-state index in [9.17, 15) is 5.11 Å². The molecule has 0 amide bonds. The number of nitrogens with zero attached hydrogens (tertiary/aromatic N) is 1. The van der Waals surface area contributed by atoms with E-state index in [2.05, 4.69) is 25.1 Å². The van der Waals surface area contributed by atoms with Gasteiger partial charge in [0.2, 0.25) is 0 Å². The normalized spacial score (nSPS) is 23.5. The Kier molecular flexibility index (Phi) is 6.04. The molecule has 1 saturated carbocycles. The van der Waals surface area contributed by atoms with Gasteiger partial charge in [-0.1, -0.05) is 55.7 Å². The van der Waals surface area contributed by atoms with Crippen LogP contribution in [0.1, 0.15) is 74.6 Å². The fourth-order valence-electron chi connectivity index (χ4n) is 4.59. The third-order valence-electron chi connectivity index (χ3n) is 6.34. The minimum atomic E-state index is -0.394. The summed E-state index contributed by atoms with van der Waals surface area (Å²) in [5.41, 5.74) is 11.2. The minimum absolute atomic E-state index is 0.0832. The first-order chi connectivity index (χ1) is 13.6. The molecule has 0 aliphatic heterocycles. The van der Waals surface area contributed by atoms with Crippen LogP contribution in [0.5, 0.6) is 5.19 Å². The van der Waals surface area contributed by atoms with E-state index in [1.807, 2.05) is 0 Å². The molecule has 0 radical (unpaired) electrons. The van der Waals surface area contributed by atoms with Gasteiger partial charge in [-0.2, -0.15) is 0 Å². The lowest BCUT2D eigenvalue weighted by Gasteiger charge is -2.22. The minimum Gasteiger partial charge on any atom is -0.470 e. The van der Waals surface area contributed by atoms with Gasteiger partial charge in [0, 0.05) is 5.54 Å². The standard InChI is InChI=1S/C23H32N2O2S/c1-2-3-4-5-12-27-22-25-20-9-7-17-13-16(6-8-19(17)21(20)28-22)18-10-11-23(24,14-18)15-26/h6,8,13,18,26H,2-5,7,9-12,14-15,24H2,1H3/t18-,23+/m0/s1. The van der Waals surface area contributed by atoms with E-state index in [4.69, 9.17) is 15.5 Å². The fraction of sp³-hybridized carbons (Fsp3) is 0.609. The molecule has 0 unspecified atom stereocenters. The lowest BCUT2D eigenvalue weighted by Crippen LogP contribution is -2.40. The maximum atomic E-state index is 9.56. The molecule has 1 fully saturated rings. The molecule has 1 heterocycles. The molecule has 1 aromatic heterocycles. The van der Waals surface area contributed by atoms with Crippen LogP contribution in [-0.4, -0.2) is 28.8 Å². The van der Waals surface area contributed by atoms with Crippen molar-refractivity contribution in [3.63, 3.8) is 0 Å². The van der Waals surface area contributed by atoms with Crippen LogP contribution in [0.4, 0.5) is 0 Å². The van der Waals surface area contributed by atoms with E-state index >= 15 is 0 Å². The van der Waals surface area contributed by atoms with Crippen molar-refractivity contribution in [2.24, 2.45) is 5.73 Å². The molecule has 2 aromatic rings. The van der Waals surface area contributed by atoms with Crippen molar-refractivity contribution in [3.05, 3.63) is 35.0 Å². The predicted molar refractivity (Wildman–Crippen MR) is 115 cm³/mol. The van der Waals surface area contributed by atoms with Crippen LogP contribution >= 0.6 is 11.3 Å². The second-order valence-corrected chi connectivity index (χ2v) is 9.50. The molecule has 1 aromatic carbocycles. The Morgan fingerprint density at radius 2 is 2.18 bits per heavy atom. The van der Waals surface area contributed by atoms with Crippen molar-refractivity contribution >= 4 is 11.3 Å². The van der Waals surface area contributed by atoms with E-state index < -0.39 is 5.54 Å². The highest BCUT2D eigenvalue weighted by Gasteiger charge is 2.36. The first-order valence-corrected chi connectivity index (χ1v) is 11.6. The van der Waals surface area contributed by atoms with Gasteiger partial charge in [0.05, 0.1) is 23.8 Å². The second kappa shape index (κ2) is 8.52. The summed E-state index contributed by atoms with van der Waals surface area (Å²) in [6.45, 7) is 3.08. The van der Waals surface area contributed by atoms with Crippen molar-refractivity contribution in [3.8, 4) is 15.6 Å². The van der Waals surface area contributed by atoms with E-state index in [0.29, 0.717) is 5.92 Å². The van der Waals surface area contributed by atoms with Crippen molar-refractivity contribution in [1.82, 2.24) is 4.98 Å². The predicted octanol–water partition coefficient (Wildman–Crippen LogP) is 4.83. The van der Waals surface area contributed by atoms with Gasteiger partial charge >= 0.3 is 0 Å². The number of ether oxygens (including phenoxy) is 1. The van der Waals surface area contributed by atoms with Gasteiger partial charge in [-0.3, -0.25) is 0 Å². The number of hydrogen-bond acceptors (Lipinski definition) is 5. The summed E-state index contributed by atoms with van der Waals surface area (Å²) in [4.78, 5) is 6.03. The third kappa shape index (κ3) is 4.12. The molecule has 2 aliphatic carbocycles. The maximum absolute atomic E-state index is 9.56. The van der Waals surface area contributed by atoms with Gasteiger partial charge in [-0.05, 0) is 61.1 Å². The van der Waals surface area contributed by atoms with Crippen molar-refractivity contribution < 1.29 is 9.84 Å². The second-order valence-electron chi connectivity index (χ2n) is 8.54. The van der Waals surface area contributed by atoms with Gasteiger partial charge in [0.15, 0.2) is 0 Å². The number of aryl methyl sites for hydroxylation is 2. The Morgan fingerprint density at radius 3 is 2.96 bits per heavy atom. The molecule has 0 saturated heterocycles. The number of thiazole rings is 1. The number of aromatic nitrogens is 1. The van der Waals surface area contributed by atoms with Gasteiger partial charge in [-0.15, -0.1) is 0 Å². The zero-order valence-corrected chi connectivity index (χ0v) is 17.7. The van der Waals surface area contributed by atoms with E-state index in [-0.39, 0.29) is 6.61 Å². The van der Waals surface area contributed by atoms with Crippen LogP contribution in [0.25, 0.3) is 10.4 Å². The smallest absolute Gasteiger partial charge is 0.273 e. The van der Waals surface area contributed by atoms with Crippen LogP contribution in [0.2, 0.25) is 0 Å². The average Bonchev–Trinajstić information content (AvgIpc) is 3.31. The van der Waals surface area contributed by atoms with E-state index in [1.54, 1.807) is 11.3 Å². The Balaban J connectivity index is 1.46. The average molecular weight is 401 g/mol. The number of aliphatic hydroxyl groups is 1. The monoisotopic (exact) mass is 400 g/mol. The summed E-state index contributed by atoms with van der Waals surface area (Å²) in [5.74, 6) is 0.465. The summed E-state index contributed by atoms with van der Waals surface area (Å²) in [5, 5.41) is 10.4. The zero-order chi connectivity index (χ0) is 19.6. The van der Waals surface area contributed by atoms with Crippen LogP contribution < -0.4 is 10.5 Å². The number of nitrogens with two attached hydrogens (primary N) is 1. The van der Waals surface area contributed by atoms with Crippen LogP contribution in [0, 0.1) is 0 Å². The number of aliphatic hydroxyl groups excluding tert-OH is 1. The molecule has 0 spiro atoms. The van der Waals surface area contributed by atoms with Crippen molar-refractivity contribution in [2.45, 2.75) is 76.2 Å². The van der Waals surface area contributed by atoms with Gasteiger partial charge < -0.3 is 15.6 Å². The highest BCUT2D eigenvalue weighted by molar-refractivity contribution is 7.17. The number of rotatable bonds is 8. The summed E-state index contributed by atoms with van der Waals surface area (Å²) in [6, 6.07) is 6.89. The Morgan fingerprint density at radius 1 is 1.29 bits per heavy atom. The number of fused-ring (bicyclic) bond motifs is 3. The molecular weight excluding hydrogens is 368 g/mol. The first kappa shape index (κ1) is 19.9. The summed E-state index contributed by atoms with van der Waals surface area (Å²) < 4.78 is 5.93. The molecule has 2 atom stereocenters. The van der Waals surface area contributed by atoms with Gasteiger partial charge in [0.1, 0.15) is 0 Å². The van der Waals surface area contributed by atoms with Gasteiger partial charge in [-0.25, -0.2) is 4.98 Å². The molecule has 3 N–H and O–H groups in total. The van der Waals surface area contributed by atoms with Crippen molar-refractivity contribution in [2.75, 3.05) is 13.2 Å². The molecule has 4 rings (SSSR count). The molecule has 0 bridgehead atoms. The lowest BCUT2D eigenvalue weighted by molar-refractivity contribution is 0.198. The van der Waals surface area contributed by atoms with Crippen LogP contribution in [0.15, 0.2) is 18.2 Å². The fourth-order valence-corrected chi connectivity index (χ4v) is 5.64. The number of hydrogen-bond donors (Lipinski definition) is 2. The Bertz CT molecular complexity index is 819. The highest BCUT2D eigenvalue weighted by atomic mass is 32.1. The maximum Gasteiger partial charge on any atom is 0.273 e. The molecule has 28 heavy (non-hydrogen) atoms. The van der Waals surface area contributed by atoms with Crippen LogP contribution in [0.3, 0.4) is 0 Å². The quantitative estimate of drug-likeness (QED) is 0.623. The molecule has 4 nitrogen and oxygen atoms in total. The Labute approximate surface area is 172 Å². The van der Waals surface area contributed by atoms with Crippen LogP contribution in [-0.2, 0) is 12.8 Å².